The van der Waals surface area contributed by atoms with Crippen molar-refractivity contribution in [2.24, 2.45) is 0 Å². The molecule has 1 aromatic heterocycles. The van der Waals surface area contributed by atoms with Crippen molar-refractivity contribution in [2.75, 3.05) is 0 Å². The van der Waals surface area contributed by atoms with Gasteiger partial charge in [-0.2, -0.15) is 0 Å². The molecule has 0 spiro atoms. The molecule has 0 aliphatic carbocycles. The summed E-state index contributed by atoms with van der Waals surface area (Å²) >= 11 is 9.64. The van der Waals surface area contributed by atoms with Gasteiger partial charge in [0.15, 0.2) is 0 Å². The summed E-state index contributed by atoms with van der Waals surface area (Å²) in [4.78, 5) is 4.09. The van der Waals surface area contributed by atoms with Gasteiger partial charge < -0.3 is 10.1 Å². The Balaban J connectivity index is 2.24. The van der Waals surface area contributed by atoms with Crippen molar-refractivity contribution >= 4 is 27.5 Å². The molecule has 0 saturated heterocycles. The summed E-state index contributed by atoms with van der Waals surface area (Å²) in [5, 5.41) is 4.04. The predicted molar refractivity (Wildman–Crippen MR) is 85.4 cm³/mol. The van der Waals surface area contributed by atoms with Gasteiger partial charge in [0.25, 0.3) is 0 Å². The van der Waals surface area contributed by atoms with Crippen LogP contribution >= 0.6 is 27.5 Å². The first-order chi connectivity index (χ1) is 9.56. The maximum Gasteiger partial charge on any atom is 0.146 e. The number of nitrogens with zero attached hydrogens (tertiary/aromatic N) is 1. The summed E-state index contributed by atoms with van der Waals surface area (Å²) in [6, 6.07) is 7.90. The van der Waals surface area contributed by atoms with E-state index in [0.29, 0.717) is 23.4 Å². The molecule has 106 valence electrons. The summed E-state index contributed by atoms with van der Waals surface area (Å²) in [6.07, 6.45) is 3.39. The van der Waals surface area contributed by atoms with Gasteiger partial charge in [0.1, 0.15) is 11.5 Å². The molecule has 0 fully saturated rings. The molecule has 0 bridgehead atoms. The van der Waals surface area contributed by atoms with Crippen LogP contribution in [0.4, 0.5) is 0 Å². The van der Waals surface area contributed by atoms with Crippen LogP contribution in [0.2, 0.25) is 5.02 Å². The van der Waals surface area contributed by atoms with Gasteiger partial charge in [-0.25, -0.2) is 0 Å². The average molecular weight is 356 g/mol. The molecule has 1 heterocycles. The second-order valence-electron chi connectivity index (χ2n) is 4.69. The SMILES string of the molecule is CC(C)NCc1c(Cl)cccc1Oc1cncc(Br)c1. The number of hydrogen-bond donors (Lipinski definition) is 1. The number of rotatable bonds is 5. The third-order valence-corrected chi connectivity index (χ3v) is 3.46. The Bertz CT molecular complexity index is 590. The highest BCUT2D eigenvalue weighted by Gasteiger charge is 2.10. The Morgan fingerprint density at radius 3 is 2.85 bits per heavy atom. The van der Waals surface area contributed by atoms with Gasteiger partial charge in [-0.3, -0.25) is 4.98 Å². The predicted octanol–water partition coefficient (Wildman–Crippen LogP) is 4.79. The highest BCUT2D eigenvalue weighted by atomic mass is 79.9. The number of aromatic nitrogens is 1. The van der Waals surface area contributed by atoms with E-state index in [0.717, 1.165) is 15.8 Å². The smallest absolute Gasteiger partial charge is 0.146 e. The molecule has 1 aromatic carbocycles. The van der Waals surface area contributed by atoms with Crippen LogP contribution in [-0.4, -0.2) is 11.0 Å². The summed E-state index contributed by atoms with van der Waals surface area (Å²) in [6.45, 7) is 4.85. The van der Waals surface area contributed by atoms with Crippen LogP contribution in [0.25, 0.3) is 0 Å². The highest BCUT2D eigenvalue weighted by Crippen LogP contribution is 2.31. The monoisotopic (exact) mass is 354 g/mol. The molecule has 5 heteroatoms. The molecular formula is C15H16BrClN2O. The fourth-order valence-corrected chi connectivity index (χ4v) is 2.26. The van der Waals surface area contributed by atoms with Crippen LogP contribution in [0.1, 0.15) is 19.4 Å². The molecule has 3 nitrogen and oxygen atoms in total. The van der Waals surface area contributed by atoms with Crippen molar-refractivity contribution in [2.45, 2.75) is 26.4 Å². The largest absolute Gasteiger partial charge is 0.455 e. The Kier molecular flexibility index (Phi) is 5.40. The fourth-order valence-electron chi connectivity index (χ4n) is 1.69. The standard InChI is InChI=1S/C15H16BrClN2O/c1-10(2)19-9-13-14(17)4-3-5-15(13)20-12-6-11(16)7-18-8-12/h3-8,10,19H,9H2,1-2H3. The lowest BCUT2D eigenvalue weighted by atomic mass is 10.2. The van der Waals surface area contributed by atoms with E-state index in [9.17, 15) is 0 Å². The second kappa shape index (κ2) is 7.07. The second-order valence-corrected chi connectivity index (χ2v) is 6.02. The minimum atomic E-state index is 0.381. The maximum absolute atomic E-state index is 6.27. The number of ether oxygens (including phenoxy) is 1. The van der Waals surface area contributed by atoms with E-state index in [1.165, 1.54) is 0 Å². The number of benzene rings is 1. The first kappa shape index (κ1) is 15.3. The van der Waals surface area contributed by atoms with Crippen molar-refractivity contribution in [1.29, 1.82) is 0 Å². The lowest BCUT2D eigenvalue weighted by Crippen LogP contribution is -2.22. The van der Waals surface area contributed by atoms with E-state index in [1.54, 1.807) is 12.4 Å². The molecule has 20 heavy (non-hydrogen) atoms. The molecule has 0 saturated carbocycles. The Morgan fingerprint density at radius 2 is 2.15 bits per heavy atom. The van der Waals surface area contributed by atoms with Crippen LogP contribution < -0.4 is 10.1 Å². The quantitative estimate of drug-likeness (QED) is 0.837. The van der Waals surface area contributed by atoms with Crippen molar-refractivity contribution < 1.29 is 4.74 Å². The topological polar surface area (TPSA) is 34.1 Å². The number of halogens is 2. The Labute approximate surface area is 132 Å². The first-order valence-electron chi connectivity index (χ1n) is 6.35. The Hall–Kier alpha value is -1.10. The van der Waals surface area contributed by atoms with E-state index < -0.39 is 0 Å². The van der Waals surface area contributed by atoms with Gasteiger partial charge in [0.05, 0.1) is 6.20 Å². The first-order valence-corrected chi connectivity index (χ1v) is 7.52. The van der Waals surface area contributed by atoms with Crippen LogP contribution in [0, 0.1) is 0 Å². The lowest BCUT2D eigenvalue weighted by molar-refractivity contribution is 0.467. The van der Waals surface area contributed by atoms with Crippen molar-refractivity contribution in [3.63, 3.8) is 0 Å². The molecule has 0 aliphatic heterocycles. The lowest BCUT2D eigenvalue weighted by Gasteiger charge is -2.14. The summed E-state index contributed by atoms with van der Waals surface area (Å²) in [7, 11) is 0. The molecule has 1 N–H and O–H groups in total. The zero-order valence-electron chi connectivity index (χ0n) is 11.4. The van der Waals surface area contributed by atoms with Gasteiger partial charge in [0.2, 0.25) is 0 Å². The highest BCUT2D eigenvalue weighted by molar-refractivity contribution is 9.10. The van der Waals surface area contributed by atoms with Gasteiger partial charge in [0, 0.05) is 33.8 Å². The Morgan fingerprint density at radius 1 is 1.35 bits per heavy atom. The van der Waals surface area contributed by atoms with E-state index >= 15 is 0 Å². The normalized spacial score (nSPS) is 10.8. The van der Waals surface area contributed by atoms with E-state index in [4.69, 9.17) is 16.3 Å². The van der Waals surface area contributed by atoms with Crippen LogP contribution in [0.15, 0.2) is 41.1 Å². The maximum atomic E-state index is 6.27. The average Bonchev–Trinajstić information content (AvgIpc) is 2.38. The van der Waals surface area contributed by atoms with Gasteiger partial charge in [-0.15, -0.1) is 0 Å². The third-order valence-electron chi connectivity index (χ3n) is 2.67. The molecule has 0 amide bonds. The molecule has 0 radical (unpaired) electrons. The minimum Gasteiger partial charge on any atom is -0.455 e. The van der Waals surface area contributed by atoms with Crippen molar-refractivity contribution in [3.8, 4) is 11.5 Å². The van der Waals surface area contributed by atoms with Crippen LogP contribution in [0.5, 0.6) is 11.5 Å². The van der Waals surface area contributed by atoms with Gasteiger partial charge in [-0.05, 0) is 34.1 Å². The van der Waals surface area contributed by atoms with Crippen LogP contribution in [-0.2, 0) is 6.54 Å². The zero-order valence-corrected chi connectivity index (χ0v) is 13.7. The van der Waals surface area contributed by atoms with Crippen molar-refractivity contribution in [1.82, 2.24) is 10.3 Å². The number of nitrogens with one attached hydrogen (secondary N) is 1. The van der Waals surface area contributed by atoms with E-state index in [1.807, 2.05) is 24.3 Å². The van der Waals surface area contributed by atoms with E-state index in [-0.39, 0.29) is 0 Å². The molecule has 2 aromatic rings. The minimum absolute atomic E-state index is 0.381. The number of pyridine rings is 1. The summed E-state index contributed by atoms with van der Waals surface area (Å²) in [5.41, 5.74) is 0.947. The molecule has 0 aliphatic rings. The number of hydrogen-bond acceptors (Lipinski definition) is 3. The summed E-state index contributed by atoms with van der Waals surface area (Å²) < 4.78 is 6.76. The van der Waals surface area contributed by atoms with Gasteiger partial charge in [-0.1, -0.05) is 31.5 Å². The molecule has 2 rings (SSSR count). The van der Waals surface area contributed by atoms with Gasteiger partial charge >= 0.3 is 0 Å². The molecule has 0 atom stereocenters. The fraction of sp³-hybridized carbons (Fsp3) is 0.267. The van der Waals surface area contributed by atoms with E-state index in [2.05, 4.69) is 40.1 Å². The molecule has 0 unspecified atom stereocenters. The van der Waals surface area contributed by atoms with Crippen LogP contribution in [0.3, 0.4) is 0 Å². The third kappa shape index (κ3) is 4.20. The van der Waals surface area contributed by atoms with Crippen molar-refractivity contribution in [3.05, 3.63) is 51.7 Å². The molecular weight excluding hydrogens is 340 g/mol. The zero-order chi connectivity index (χ0) is 14.5. The summed E-state index contributed by atoms with van der Waals surface area (Å²) in [5.74, 6) is 1.41.